The summed E-state index contributed by atoms with van der Waals surface area (Å²) in [6.07, 6.45) is 3.73. The van der Waals surface area contributed by atoms with E-state index >= 15 is 0 Å². The van der Waals surface area contributed by atoms with Gasteiger partial charge < -0.3 is 24.4 Å². The van der Waals surface area contributed by atoms with Crippen LogP contribution < -0.4 is 19.5 Å². The van der Waals surface area contributed by atoms with Crippen LogP contribution in [0.1, 0.15) is 24.0 Å². The third kappa shape index (κ3) is 3.17. The summed E-state index contributed by atoms with van der Waals surface area (Å²) < 4.78 is 17.7. The first-order chi connectivity index (χ1) is 15.1. The van der Waals surface area contributed by atoms with Crippen LogP contribution in [0.4, 0.5) is 17.1 Å². The van der Waals surface area contributed by atoms with Crippen molar-refractivity contribution >= 4 is 22.8 Å². The Bertz CT molecular complexity index is 1040. The molecule has 2 aromatic rings. The lowest BCUT2D eigenvalue weighted by Crippen LogP contribution is -2.49. The second-order valence-corrected chi connectivity index (χ2v) is 9.01. The molecule has 8 nitrogen and oxygen atoms in total. The van der Waals surface area contributed by atoms with Gasteiger partial charge in [0.15, 0.2) is 5.69 Å². The lowest BCUT2D eigenvalue weighted by molar-refractivity contribution is 0.00917. The van der Waals surface area contributed by atoms with E-state index in [1.54, 1.807) is 0 Å². The minimum Gasteiger partial charge on any atom is -0.474 e. The van der Waals surface area contributed by atoms with E-state index < -0.39 is 0 Å². The molecule has 4 aliphatic heterocycles. The van der Waals surface area contributed by atoms with Gasteiger partial charge >= 0.3 is 0 Å². The van der Waals surface area contributed by atoms with Gasteiger partial charge in [0.25, 0.3) is 0 Å². The Kier molecular flexibility index (Phi) is 4.41. The molecule has 0 aliphatic carbocycles. The molecule has 1 N–H and O–H groups in total. The Morgan fingerprint density at radius 1 is 1.13 bits per heavy atom. The maximum Gasteiger partial charge on any atom is 0.229 e. The third-order valence-electron chi connectivity index (χ3n) is 6.60. The van der Waals surface area contributed by atoms with E-state index in [0.29, 0.717) is 16.5 Å². The topological polar surface area (TPSA) is 68.2 Å². The molecule has 0 atom stereocenters. The summed E-state index contributed by atoms with van der Waals surface area (Å²) in [5.41, 5.74) is 6.51. The smallest absolute Gasteiger partial charge is 0.229 e. The third-order valence-corrected chi connectivity index (χ3v) is 6.60. The van der Waals surface area contributed by atoms with Crippen molar-refractivity contribution in [2.45, 2.75) is 25.0 Å². The summed E-state index contributed by atoms with van der Waals surface area (Å²) in [4.78, 5) is 7.02. The van der Waals surface area contributed by atoms with Gasteiger partial charge in [-0.25, -0.2) is 4.98 Å². The number of pyridine rings is 1. The number of quaternary nitrogens is 1. The number of anilines is 2. The number of nitrogens with zero attached hydrogens (tertiary/aromatic N) is 4. The van der Waals surface area contributed by atoms with Crippen molar-refractivity contribution in [3.8, 4) is 5.88 Å². The number of rotatable bonds is 4. The molecule has 2 fully saturated rings. The summed E-state index contributed by atoms with van der Waals surface area (Å²) in [7, 11) is 4.19. The number of fused-ring (bicyclic) bond motifs is 2. The molecule has 0 unspecified atom stereocenters. The molecule has 8 heteroatoms. The van der Waals surface area contributed by atoms with Gasteiger partial charge in [-0.15, -0.1) is 0 Å². The molecule has 1 aromatic heterocycles. The maximum atomic E-state index is 6.40. The van der Waals surface area contributed by atoms with Crippen molar-refractivity contribution in [3.63, 3.8) is 0 Å². The van der Waals surface area contributed by atoms with Crippen LogP contribution in [0, 0.1) is 0 Å². The Hall–Kier alpha value is -2.68. The standard InChI is InChI=1S/C23H28N5O3/c1-28(2)20-5-8-24-23(31-17-6-9-29-10-7-17)21(20)22(26-28)15-3-4-18-19(11-15)27(14-25-18)16-12-30-13-16/h3-5,8,11,16-17,25H,6-7,9-10,12-14H2,1-2H3/q+1. The Morgan fingerprint density at radius 3 is 2.74 bits per heavy atom. The van der Waals surface area contributed by atoms with E-state index in [0.717, 1.165) is 74.2 Å². The molecule has 2 saturated heterocycles. The molecule has 31 heavy (non-hydrogen) atoms. The summed E-state index contributed by atoms with van der Waals surface area (Å²) in [5.74, 6) is 0.676. The Balaban J connectivity index is 1.39. The quantitative estimate of drug-likeness (QED) is 0.764. The van der Waals surface area contributed by atoms with Crippen molar-refractivity contribution in [1.29, 1.82) is 0 Å². The predicted molar refractivity (Wildman–Crippen MR) is 120 cm³/mol. The number of hydrogen-bond acceptors (Lipinski definition) is 7. The molecule has 0 bridgehead atoms. The normalized spacial score (nSPS) is 22.4. The molecule has 4 aliphatic rings. The van der Waals surface area contributed by atoms with E-state index in [2.05, 4.69) is 53.6 Å². The predicted octanol–water partition coefficient (Wildman–Crippen LogP) is 2.56. The summed E-state index contributed by atoms with van der Waals surface area (Å²) in [6, 6.07) is 9.02. The number of nitrogens with one attached hydrogen (secondary N) is 1. The number of ether oxygens (including phenoxy) is 3. The van der Waals surface area contributed by atoms with Gasteiger partial charge in [0.2, 0.25) is 5.88 Å². The van der Waals surface area contributed by atoms with Gasteiger partial charge in [-0.2, -0.15) is 4.59 Å². The summed E-state index contributed by atoms with van der Waals surface area (Å²) in [5, 5.41) is 8.58. The van der Waals surface area contributed by atoms with Crippen LogP contribution in [0.3, 0.4) is 0 Å². The van der Waals surface area contributed by atoms with E-state index in [4.69, 9.17) is 19.3 Å². The second kappa shape index (κ2) is 7.19. The fourth-order valence-electron chi connectivity index (χ4n) is 4.76. The van der Waals surface area contributed by atoms with Gasteiger partial charge in [-0.1, -0.05) is 11.2 Å². The zero-order valence-electron chi connectivity index (χ0n) is 18.0. The maximum absolute atomic E-state index is 6.40. The van der Waals surface area contributed by atoms with Gasteiger partial charge in [-0.05, 0) is 12.1 Å². The molecule has 0 spiro atoms. The Labute approximate surface area is 182 Å². The van der Waals surface area contributed by atoms with Crippen LogP contribution in [0.25, 0.3) is 0 Å². The first-order valence-corrected chi connectivity index (χ1v) is 11.0. The molecular formula is C23H28N5O3+. The van der Waals surface area contributed by atoms with Crippen molar-refractivity contribution in [1.82, 2.24) is 9.58 Å². The zero-order valence-corrected chi connectivity index (χ0v) is 18.0. The summed E-state index contributed by atoms with van der Waals surface area (Å²) >= 11 is 0. The minimum absolute atomic E-state index is 0.128. The fraction of sp³-hybridized carbons (Fsp3) is 0.478. The molecular weight excluding hydrogens is 394 g/mol. The highest BCUT2D eigenvalue weighted by atomic mass is 16.5. The van der Waals surface area contributed by atoms with Crippen LogP contribution in [0.2, 0.25) is 0 Å². The Morgan fingerprint density at radius 2 is 1.97 bits per heavy atom. The van der Waals surface area contributed by atoms with Gasteiger partial charge in [0.05, 0.1) is 64.6 Å². The first-order valence-electron chi connectivity index (χ1n) is 11.0. The molecule has 0 saturated carbocycles. The molecule has 5 heterocycles. The first kappa shape index (κ1) is 19.0. The van der Waals surface area contributed by atoms with E-state index in [1.165, 1.54) is 5.69 Å². The zero-order chi connectivity index (χ0) is 21.0. The second-order valence-electron chi connectivity index (χ2n) is 9.01. The number of hydrogen-bond donors (Lipinski definition) is 1. The van der Waals surface area contributed by atoms with E-state index in [1.807, 2.05) is 6.20 Å². The average molecular weight is 423 g/mol. The largest absolute Gasteiger partial charge is 0.474 e. The molecule has 1 aromatic carbocycles. The minimum atomic E-state index is 0.128. The molecule has 0 amide bonds. The molecule has 0 radical (unpaired) electrons. The highest BCUT2D eigenvalue weighted by Crippen LogP contribution is 2.41. The van der Waals surface area contributed by atoms with Crippen LogP contribution in [-0.4, -0.2) is 70.0 Å². The van der Waals surface area contributed by atoms with Crippen LogP contribution in [-0.2, 0) is 9.47 Å². The average Bonchev–Trinajstić information content (AvgIpc) is 3.26. The van der Waals surface area contributed by atoms with Crippen molar-refractivity contribution < 1.29 is 14.2 Å². The fourth-order valence-corrected chi connectivity index (χ4v) is 4.76. The van der Waals surface area contributed by atoms with Crippen molar-refractivity contribution in [2.24, 2.45) is 5.10 Å². The van der Waals surface area contributed by atoms with Crippen LogP contribution in [0.15, 0.2) is 35.6 Å². The number of benzene rings is 1. The highest BCUT2D eigenvalue weighted by Gasteiger charge is 2.39. The molecule has 162 valence electrons. The van der Waals surface area contributed by atoms with Gasteiger partial charge in [0.1, 0.15) is 17.4 Å². The van der Waals surface area contributed by atoms with E-state index in [9.17, 15) is 0 Å². The highest BCUT2D eigenvalue weighted by molar-refractivity contribution is 6.19. The van der Waals surface area contributed by atoms with Crippen molar-refractivity contribution in [2.75, 3.05) is 57.4 Å². The number of aromatic nitrogens is 1. The van der Waals surface area contributed by atoms with Crippen LogP contribution in [0.5, 0.6) is 5.88 Å². The van der Waals surface area contributed by atoms with E-state index in [-0.39, 0.29) is 6.10 Å². The van der Waals surface area contributed by atoms with Crippen LogP contribution >= 0.6 is 0 Å². The SMILES string of the molecule is C[N+]1(C)N=C(c2ccc3c(c2)N(C2COC2)CN3)c2c1ccnc2OC1CCOCC1. The summed E-state index contributed by atoms with van der Waals surface area (Å²) in [6.45, 7) is 3.86. The lowest BCUT2D eigenvalue weighted by atomic mass is 10.0. The van der Waals surface area contributed by atoms with Gasteiger partial charge in [0, 0.05) is 30.7 Å². The van der Waals surface area contributed by atoms with Crippen molar-refractivity contribution in [3.05, 3.63) is 41.6 Å². The van der Waals surface area contributed by atoms with Gasteiger partial charge in [-0.3, -0.25) is 0 Å². The lowest BCUT2D eigenvalue weighted by Gasteiger charge is -2.35. The molecule has 6 rings (SSSR count). The monoisotopic (exact) mass is 422 g/mol.